The maximum Gasteiger partial charge on any atom is 0.434 e. The lowest BCUT2D eigenvalue weighted by molar-refractivity contribution is -0.632. The molecule has 4 aromatic heterocycles. The monoisotopic (exact) mass is 587 g/mol. The molecule has 4 aromatic rings. The molecule has 43 heavy (non-hydrogen) atoms. The third kappa shape index (κ3) is 2.54. The average Bonchev–Trinajstić information content (AvgIpc) is 3.75. The van der Waals surface area contributed by atoms with E-state index in [2.05, 4.69) is 19.9 Å². The smallest absolute Gasteiger partial charge is 0.434 e. The molecule has 0 atom stereocenters. The van der Waals surface area contributed by atoms with Crippen molar-refractivity contribution in [3.63, 3.8) is 0 Å². The SMILES string of the molecule is COc1ncnc(C2CC2)c1-c1nc(OCC23C4C5C2C2C3C4C52c2nc(C(F)(F)F)cn2C(C)C)c2ncccc2n1. The first-order chi connectivity index (χ1) is 20.7. The summed E-state index contributed by atoms with van der Waals surface area (Å²) in [5, 5.41) is 0. The van der Waals surface area contributed by atoms with E-state index in [-0.39, 0.29) is 16.9 Å². The van der Waals surface area contributed by atoms with E-state index < -0.39 is 11.9 Å². The van der Waals surface area contributed by atoms with Gasteiger partial charge < -0.3 is 14.0 Å². The number of methoxy groups -OCH3 is 1. The molecule has 7 fully saturated rings. The van der Waals surface area contributed by atoms with Gasteiger partial charge >= 0.3 is 6.18 Å². The van der Waals surface area contributed by atoms with E-state index in [0.717, 1.165) is 18.5 Å². The summed E-state index contributed by atoms with van der Waals surface area (Å²) in [4.78, 5) is 27.4. The normalized spacial score (nSPS) is 35.4. The molecule has 0 spiro atoms. The van der Waals surface area contributed by atoms with Crippen LogP contribution in [-0.2, 0) is 11.6 Å². The van der Waals surface area contributed by atoms with Crippen molar-refractivity contribution >= 4 is 11.0 Å². The number of imidazole rings is 1. The number of halogens is 3. The van der Waals surface area contributed by atoms with Gasteiger partial charge in [-0.1, -0.05) is 0 Å². The summed E-state index contributed by atoms with van der Waals surface area (Å²) in [7, 11) is 1.58. The zero-order chi connectivity index (χ0) is 29.2. The molecule has 4 heterocycles. The highest BCUT2D eigenvalue weighted by Gasteiger charge is 3.10. The van der Waals surface area contributed by atoms with Crippen LogP contribution in [0.4, 0.5) is 13.2 Å². The Balaban J connectivity index is 0.965. The second-order valence-electron chi connectivity index (χ2n) is 13.6. The minimum atomic E-state index is -4.44. The van der Waals surface area contributed by atoms with Crippen LogP contribution in [0.3, 0.4) is 0 Å². The van der Waals surface area contributed by atoms with Gasteiger partial charge in [0.15, 0.2) is 17.0 Å². The minimum absolute atomic E-state index is 0.0710. The zero-order valence-electron chi connectivity index (χ0n) is 23.7. The van der Waals surface area contributed by atoms with Gasteiger partial charge in [0, 0.05) is 35.2 Å². The molecule has 0 saturated heterocycles. The molecule has 0 unspecified atom stereocenters. The van der Waals surface area contributed by atoms with Crippen LogP contribution in [0.25, 0.3) is 22.4 Å². The van der Waals surface area contributed by atoms with Crippen molar-refractivity contribution < 1.29 is 22.6 Å². The molecule has 220 valence electrons. The van der Waals surface area contributed by atoms with Crippen molar-refractivity contribution in [2.75, 3.05) is 13.7 Å². The number of aromatic nitrogens is 7. The Labute approximate surface area is 244 Å². The highest BCUT2D eigenvalue weighted by atomic mass is 19.4. The maximum atomic E-state index is 13.6. The number of nitrogens with zero attached hydrogens (tertiary/aromatic N) is 7. The Morgan fingerprint density at radius 1 is 0.977 bits per heavy atom. The first-order valence-corrected chi connectivity index (χ1v) is 15.0. The van der Waals surface area contributed by atoms with Gasteiger partial charge in [-0.3, -0.25) is 0 Å². The third-order valence-electron chi connectivity index (χ3n) is 11.9. The lowest BCUT2D eigenvalue weighted by Crippen LogP contribution is -3.12. The molecule has 11 rings (SSSR count). The summed E-state index contributed by atoms with van der Waals surface area (Å²) in [6.07, 6.45) is 2.11. The lowest BCUT2D eigenvalue weighted by Gasteiger charge is -3.10. The number of rotatable bonds is 8. The molecule has 7 saturated carbocycles. The summed E-state index contributed by atoms with van der Waals surface area (Å²) in [6.45, 7) is 4.39. The molecular formula is C31H28F3N7O2. The number of fused-ring (bicyclic) bond motifs is 1. The van der Waals surface area contributed by atoms with Crippen molar-refractivity contribution in [2.24, 2.45) is 40.9 Å². The molecule has 7 aliphatic rings. The highest BCUT2D eigenvalue weighted by molar-refractivity contribution is 5.82. The molecule has 0 amide bonds. The van der Waals surface area contributed by atoms with Gasteiger partial charge in [0.25, 0.3) is 0 Å². The fourth-order valence-corrected chi connectivity index (χ4v) is 10.5. The first kappa shape index (κ1) is 24.6. The van der Waals surface area contributed by atoms with E-state index in [1.54, 1.807) is 17.9 Å². The number of pyridine rings is 1. The minimum Gasteiger partial charge on any atom is -0.480 e. The van der Waals surface area contributed by atoms with Crippen LogP contribution in [0.2, 0.25) is 0 Å². The van der Waals surface area contributed by atoms with Crippen LogP contribution < -0.4 is 9.47 Å². The fourth-order valence-electron chi connectivity index (χ4n) is 10.5. The summed E-state index contributed by atoms with van der Waals surface area (Å²) in [5.74, 6) is 4.96. The van der Waals surface area contributed by atoms with E-state index in [0.29, 0.717) is 88.0 Å². The van der Waals surface area contributed by atoms with Crippen LogP contribution in [0, 0.1) is 40.9 Å². The van der Waals surface area contributed by atoms with Gasteiger partial charge in [0.05, 0.1) is 24.9 Å². The largest absolute Gasteiger partial charge is 0.480 e. The van der Waals surface area contributed by atoms with E-state index >= 15 is 0 Å². The average molecular weight is 588 g/mol. The van der Waals surface area contributed by atoms with E-state index in [1.165, 1.54) is 12.5 Å². The van der Waals surface area contributed by atoms with Crippen molar-refractivity contribution in [1.29, 1.82) is 0 Å². The lowest BCUT2D eigenvalue weighted by atomic mass is 8.92. The topological polar surface area (TPSA) is 101 Å². The van der Waals surface area contributed by atoms with Gasteiger partial charge in [-0.15, -0.1) is 0 Å². The summed E-state index contributed by atoms with van der Waals surface area (Å²) < 4.78 is 54.8. The summed E-state index contributed by atoms with van der Waals surface area (Å²) >= 11 is 0. The molecule has 7 aliphatic carbocycles. The Morgan fingerprint density at radius 3 is 2.37 bits per heavy atom. The predicted octanol–water partition coefficient (Wildman–Crippen LogP) is 5.23. The van der Waals surface area contributed by atoms with Crippen molar-refractivity contribution in [3.05, 3.63) is 48.1 Å². The number of hydrogen-bond donors (Lipinski definition) is 0. The van der Waals surface area contributed by atoms with Crippen LogP contribution in [0.1, 0.15) is 55.9 Å². The molecule has 0 N–H and O–H groups in total. The predicted molar refractivity (Wildman–Crippen MR) is 145 cm³/mol. The van der Waals surface area contributed by atoms with E-state index in [9.17, 15) is 13.2 Å². The Kier molecular flexibility index (Phi) is 4.26. The standard InChI is InChI=1S/C31H28F3N7O2/c1-12(2)41-9-15(31(32,33)34)39-28(41)30-20-17-21(30)19-22(30)18(20)29(17,19)10-43-27-24-14(5-4-8-35-24)38-25(40-27)16-23(13-6-7-13)36-11-37-26(16)42-3/h4-5,8-9,11-13,17-22H,6-7,10H2,1-3H3. The van der Waals surface area contributed by atoms with Crippen LogP contribution in [-0.4, -0.2) is 48.2 Å². The molecular weight excluding hydrogens is 559 g/mol. The van der Waals surface area contributed by atoms with Gasteiger partial charge in [-0.05, 0) is 74.3 Å². The van der Waals surface area contributed by atoms with Crippen molar-refractivity contribution in [2.45, 2.75) is 50.2 Å². The Morgan fingerprint density at radius 2 is 1.72 bits per heavy atom. The first-order valence-electron chi connectivity index (χ1n) is 15.0. The van der Waals surface area contributed by atoms with Crippen LogP contribution in [0.5, 0.6) is 11.8 Å². The number of hydrogen-bond acceptors (Lipinski definition) is 8. The third-order valence-corrected chi connectivity index (χ3v) is 11.9. The molecule has 0 bridgehead atoms. The number of ether oxygens (including phenoxy) is 2. The maximum absolute atomic E-state index is 13.6. The van der Waals surface area contributed by atoms with Crippen molar-refractivity contribution in [3.8, 4) is 23.1 Å². The zero-order valence-corrected chi connectivity index (χ0v) is 23.7. The van der Waals surface area contributed by atoms with E-state index in [1.807, 2.05) is 26.0 Å². The van der Waals surface area contributed by atoms with Crippen molar-refractivity contribution in [1.82, 2.24) is 34.5 Å². The fraction of sp³-hybridized carbons (Fsp3) is 0.548. The summed E-state index contributed by atoms with van der Waals surface area (Å²) in [5.41, 5.74) is 2.00. The van der Waals surface area contributed by atoms with Gasteiger partial charge in [-0.2, -0.15) is 18.2 Å². The summed E-state index contributed by atoms with van der Waals surface area (Å²) in [6, 6.07) is 3.67. The Hall–Kier alpha value is -3.83. The van der Waals surface area contributed by atoms with Crippen LogP contribution >= 0.6 is 0 Å². The molecule has 0 radical (unpaired) electrons. The quantitative estimate of drug-likeness (QED) is 0.276. The van der Waals surface area contributed by atoms with Gasteiger partial charge in [-0.25, -0.2) is 24.9 Å². The van der Waals surface area contributed by atoms with Gasteiger partial charge in [0.1, 0.15) is 17.7 Å². The molecule has 12 heteroatoms. The molecule has 9 nitrogen and oxygen atoms in total. The van der Waals surface area contributed by atoms with Gasteiger partial charge in [0.2, 0.25) is 11.8 Å². The Bertz CT molecular complexity index is 1830. The highest BCUT2D eigenvalue weighted by Crippen LogP contribution is 3.09. The molecule has 0 aliphatic heterocycles. The van der Waals surface area contributed by atoms with Crippen LogP contribution in [0.15, 0.2) is 30.9 Å². The molecule has 0 aromatic carbocycles. The van der Waals surface area contributed by atoms with E-state index in [4.69, 9.17) is 19.4 Å². The second kappa shape index (κ2) is 7.44. The number of alkyl halides is 3. The second-order valence-corrected chi connectivity index (χ2v) is 13.6.